The fraction of sp³-hybridized carbons (Fsp3) is 0.0370. The van der Waals surface area contributed by atoms with Gasteiger partial charge in [0.05, 0.1) is 17.5 Å². The lowest BCUT2D eigenvalue weighted by molar-refractivity contribution is -0.136. The number of phenolic OH excluding ortho intramolecular Hbond substituents is 1. The molecule has 3 amide bonds. The van der Waals surface area contributed by atoms with Crippen LogP contribution in [0.25, 0.3) is 10.8 Å². The van der Waals surface area contributed by atoms with Gasteiger partial charge >= 0.3 is 11.8 Å². The fourth-order valence-corrected chi connectivity index (χ4v) is 3.43. The predicted octanol–water partition coefficient (Wildman–Crippen LogP) is 4.19. The molecule has 35 heavy (non-hydrogen) atoms. The van der Waals surface area contributed by atoms with Crippen LogP contribution in [-0.2, 0) is 9.59 Å². The first kappa shape index (κ1) is 23.2. The minimum Gasteiger partial charge on any atom is -0.507 e. The molecule has 0 atom stereocenters. The number of aromatic hydroxyl groups is 1. The molecule has 0 heterocycles. The van der Waals surface area contributed by atoms with Gasteiger partial charge in [0, 0.05) is 11.3 Å². The van der Waals surface area contributed by atoms with Crippen LogP contribution in [-0.4, -0.2) is 29.0 Å². The van der Waals surface area contributed by atoms with E-state index in [4.69, 9.17) is 0 Å². The van der Waals surface area contributed by atoms with Gasteiger partial charge in [-0.15, -0.1) is 0 Å². The highest BCUT2D eigenvalue weighted by atomic mass is 16.3. The number of hydrazone groups is 1. The summed E-state index contributed by atoms with van der Waals surface area (Å²) in [5.74, 6) is -2.48. The lowest BCUT2D eigenvalue weighted by Gasteiger charge is -2.11. The van der Waals surface area contributed by atoms with Gasteiger partial charge in [-0.3, -0.25) is 14.4 Å². The molecule has 8 heteroatoms. The van der Waals surface area contributed by atoms with Gasteiger partial charge in [0.25, 0.3) is 5.91 Å². The van der Waals surface area contributed by atoms with Crippen molar-refractivity contribution >= 4 is 46.1 Å². The molecule has 0 aliphatic rings. The van der Waals surface area contributed by atoms with Gasteiger partial charge < -0.3 is 15.7 Å². The molecule has 8 nitrogen and oxygen atoms in total. The average molecular weight is 466 g/mol. The second-order valence-electron chi connectivity index (χ2n) is 7.74. The molecular weight excluding hydrogens is 444 g/mol. The molecule has 0 aliphatic heterocycles. The summed E-state index contributed by atoms with van der Waals surface area (Å²) in [6.07, 6.45) is 1.27. The molecule has 4 aromatic rings. The average Bonchev–Trinajstić information content (AvgIpc) is 2.87. The molecule has 4 N–H and O–H groups in total. The van der Waals surface area contributed by atoms with E-state index in [2.05, 4.69) is 21.2 Å². The molecule has 0 saturated carbocycles. The van der Waals surface area contributed by atoms with E-state index in [-0.39, 0.29) is 17.0 Å². The number of para-hydroxylation sites is 1. The normalized spacial score (nSPS) is 10.8. The predicted molar refractivity (Wildman–Crippen MR) is 136 cm³/mol. The minimum absolute atomic E-state index is 0.0142. The molecule has 0 aromatic heterocycles. The van der Waals surface area contributed by atoms with Crippen molar-refractivity contribution in [3.05, 3.63) is 102 Å². The van der Waals surface area contributed by atoms with Crippen molar-refractivity contribution in [2.75, 3.05) is 10.6 Å². The number of hydrogen-bond acceptors (Lipinski definition) is 5. The first-order valence-corrected chi connectivity index (χ1v) is 10.7. The smallest absolute Gasteiger partial charge is 0.329 e. The van der Waals surface area contributed by atoms with E-state index in [1.54, 1.807) is 36.4 Å². The zero-order chi connectivity index (χ0) is 24.8. The topological polar surface area (TPSA) is 120 Å². The van der Waals surface area contributed by atoms with E-state index < -0.39 is 17.7 Å². The Hall–Kier alpha value is -4.98. The number of fused-ring (bicyclic) bond motifs is 1. The largest absolute Gasteiger partial charge is 0.507 e. The second kappa shape index (κ2) is 10.3. The lowest BCUT2D eigenvalue weighted by atomic mass is 10.0. The van der Waals surface area contributed by atoms with Gasteiger partial charge in [0.15, 0.2) is 0 Å². The van der Waals surface area contributed by atoms with E-state index >= 15 is 0 Å². The van der Waals surface area contributed by atoms with E-state index in [1.165, 1.54) is 18.3 Å². The molecule has 4 rings (SSSR count). The number of nitrogens with one attached hydrogen (secondary N) is 3. The first-order chi connectivity index (χ1) is 16.9. The molecule has 0 fully saturated rings. The van der Waals surface area contributed by atoms with Gasteiger partial charge in [-0.2, -0.15) is 5.10 Å². The number of anilines is 2. The Kier molecular flexibility index (Phi) is 6.83. The summed E-state index contributed by atoms with van der Waals surface area (Å²) in [4.78, 5) is 37.4. The Morgan fingerprint density at radius 3 is 2.31 bits per heavy atom. The van der Waals surface area contributed by atoms with Crippen molar-refractivity contribution in [2.45, 2.75) is 6.92 Å². The third kappa shape index (κ3) is 5.51. The Morgan fingerprint density at radius 1 is 0.800 bits per heavy atom. The van der Waals surface area contributed by atoms with Crippen molar-refractivity contribution < 1.29 is 19.5 Å². The summed E-state index contributed by atoms with van der Waals surface area (Å²) in [5.41, 5.74) is 4.57. The zero-order valence-corrected chi connectivity index (χ0v) is 18.8. The third-order valence-electron chi connectivity index (χ3n) is 5.24. The summed E-state index contributed by atoms with van der Waals surface area (Å²) in [6, 6.07) is 24.3. The van der Waals surface area contributed by atoms with Gasteiger partial charge in [-0.1, -0.05) is 60.2 Å². The van der Waals surface area contributed by atoms with Gasteiger partial charge in [0.2, 0.25) is 0 Å². The van der Waals surface area contributed by atoms with E-state index in [0.29, 0.717) is 11.3 Å². The Morgan fingerprint density at radius 2 is 1.51 bits per heavy atom. The van der Waals surface area contributed by atoms with Crippen LogP contribution in [0.5, 0.6) is 5.75 Å². The zero-order valence-electron chi connectivity index (χ0n) is 18.8. The number of aryl methyl sites for hydroxylation is 1. The quantitative estimate of drug-likeness (QED) is 0.200. The van der Waals surface area contributed by atoms with E-state index in [1.807, 2.05) is 43.3 Å². The number of nitrogens with zero attached hydrogens (tertiary/aromatic N) is 1. The number of amides is 3. The second-order valence-corrected chi connectivity index (χ2v) is 7.74. The fourth-order valence-electron chi connectivity index (χ4n) is 3.43. The van der Waals surface area contributed by atoms with E-state index in [9.17, 15) is 19.5 Å². The highest BCUT2D eigenvalue weighted by molar-refractivity contribution is 6.40. The van der Waals surface area contributed by atoms with Crippen LogP contribution >= 0.6 is 0 Å². The maximum absolute atomic E-state index is 12.7. The number of carbonyl (C=O) groups is 3. The number of rotatable bonds is 5. The first-order valence-electron chi connectivity index (χ1n) is 10.7. The minimum atomic E-state index is -1.03. The van der Waals surface area contributed by atoms with Crippen molar-refractivity contribution in [1.82, 2.24) is 5.43 Å². The monoisotopic (exact) mass is 466 g/mol. The van der Waals surface area contributed by atoms with Crippen LogP contribution in [0.1, 0.15) is 21.5 Å². The summed E-state index contributed by atoms with van der Waals surface area (Å²) in [6.45, 7) is 1.94. The van der Waals surface area contributed by atoms with Crippen LogP contribution in [0, 0.1) is 6.92 Å². The van der Waals surface area contributed by atoms with Crippen molar-refractivity contribution in [2.24, 2.45) is 5.10 Å². The lowest BCUT2D eigenvalue weighted by Crippen LogP contribution is -2.33. The Labute approximate surface area is 201 Å². The number of hydrogen-bond donors (Lipinski definition) is 4. The third-order valence-corrected chi connectivity index (χ3v) is 5.24. The van der Waals surface area contributed by atoms with Crippen molar-refractivity contribution in [3.63, 3.8) is 0 Å². The Bertz CT molecular complexity index is 1450. The van der Waals surface area contributed by atoms with Gasteiger partial charge in [-0.05, 0) is 48.0 Å². The SMILES string of the molecule is Cc1ccc(NC(=O)c2ccccc2NC(=O)C(=O)N/N=C\c2c(O)ccc3ccccc23)cc1. The summed E-state index contributed by atoms with van der Waals surface area (Å²) in [7, 11) is 0. The Balaban J connectivity index is 1.43. The summed E-state index contributed by atoms with van der Waals surface area (Å²) < 4.78 is 0. The van der Waals surface area contributed by atoms with Gasteiger partial charge in [0.1, 0.15) is 5.75 Å². The van der Waals surface area contributed by atoms with E-state index in [0.717, 1.165) is 16.3 Å². The van der Waals surface area contributed by atoms with Crippen LogP contribution in [0.4, 0.5) is 11.4 Å². The molecule has 0 unspecified atom stereocenters. The molecular formula is C27H22N4O4. The van der Waals surface area contributed by atoms with Crippen molar-refractivity contribution in [1.29, 1.82) is 0 Å². The molecule has 0 saturated heterocycles. The number of benzene rings is 4. The van der Waals surface area contributed by atoms with Gasteiger partial charge in [-0.25, -0.2) is 5.43 Å². The maximum atomic E-state index is 12.7. The molecule has 0 bridgehead atoms. The van der Waals surface area contributed by atoms with Crippen molar-refractivity contribution in [3.8, 4) is 5.75 Å². The highest BCUT2D eigenvalue weighted by Crippen LogP contribution is 2.25. The molecule has 0 aliphatic carbocycles. The van der Waals surface area contributed by atoms with Crippen LogP contribution in [0.3, 0.4) is 0 Å². The molecule has 4 aromatic carbocycles. The maximum Gasteiger partial charge on any atom is 0.329 e. The van der Waals surface area contributed by atoms with Crippen LogP contribution in [0.2, 0.25) is 0 Å². The number of carbonyl (C=O) groups excluding carboxylic acids is 3. The summed E-state index contributed by atoms with van der Waals surface area (Å²) in [5, 5.41) is 20.8. The molecule has 0 spiro atoms. The summed E-state index contributed by atoms with van der Waals surface area (Å²) >= 11 is 0. The van der Waals surface area contributed by atoms with Crippen LogP contribution < -0.4 is 16.1 Å². The highest BCUT2D eigenvalue weighted by Gasteiger charge is 2.18. The number of phenols is 1. The molecule has 174 valence electrons. The molecule has 0 radical (unpaired) electrons. The van der Waals surface area contributed by atoms with Crippen LogP contribution in [0.15, 0.2) is 90.0 Å². The standard InChI is InChI=1S/C27H22N4O4/c1-17-10-13-19(14-11-17)29-25(33)21-8-4-5-9-23(21)30-26(34)27(35)31-28-16-22-20-7-3-2-6-18(20)12-15-24(22)32/h2-16,32H,1H3,(H,29,33)(H,30,34)(H,31,35)/b28-16-.